The van der Waals surface area contributed by atoms with Crippen molar-refractivity contribution in [2.45, 2.75) is 55.8 Å². The summed E-state index contributed by atoms with van der Waals surface area (Å²) in [5.74, 6) is -1.04. The highest BCUT2D eigenvalue weighted by Gasteiger charge is 2.45. The monoisotopic (exact) mass is 308 g/mol. The first-order valence-electron chi connectivity index (χ1n) is 6.74. The summed E-state index contributed by atoms with van der Waals surface area (Å²) in [4.78, 5) is 10.7. The quantitative estimate of drug-likeness (QED) is 0.378. The minimum atomic E-state index is -1.50. The molecule has 21 heavy (non-hydrogen) atoms. The molecule has 2 aliphatic heterocycles. The number of hydrogen-bond acceptors (Lipinski definition) is 8. The number of hydrogen-bond donors (Lipinski definition) is 5. The fourth-order valence-corrected chi connectivity index (χ4v) is 2.40. The Hall–Kier alpha value is -0.810. The predicted octanol–water partition coefficient (Wildman–Crippen LogP) is -2.56. The minimum Gasteiger partial charge on any atom is -0.479 e. The molecule has 0 aliphatic carbocycles. The van der Waals surface area contributed by atoms with Gasteiger partial charge in [-0.3, -0.25) is 0 Å². The van der Waals surface area contributed by atoms with E-state index in [4.69, 9.17) is 24.4 Å². The summed E-state index contributed by atoms with van der Waals surface area (Å²) in [5.41, 5.74) is 0. The van der Waals surface area contributed by atoms with Gasteiger partial charge in [-0.05, 0) is 12.8 Å². The molecular formula is C12H20O9. The average Bonchev–Trinajstić information content (AvgIpc) is 2.48. The van der Waals surface area contributed by atoms with Crippen molar-refractivity contribution in [2.75, 3.05) is 13.2 Å². The maximum Gasteiger partial charge on any atom is 0.332 e. The summed E-state index contributed by atoms with van der Waals surface area (Å²) in [7, 11) is 0. The zero-order valence-electron chi connectivity index (χ0n) is 11.2. The van der Waals surface area contributed by atoms with Gasteiger partial charge in [-0.1, -0.05) is 0 Å². The molecular weight excluding hydrogens is 288 g/mol. The number of carboxylic acids is 1. The van der Waals surface area contributed by atoms with E-state index in [2.05, 4.69) is 0 Å². The molecule has 122 valence electrons. The van der Waals surface area contributed by atoms with Crippen LogP contribution in [0.4, 0.5) is 0 Å². The number of ether oxygens (including phenoxy) is 3. The van der Waals surface area contributed by atoms with Crippen LogP contribution in [0.5, 0.6) is 0 Å². The van der Waals surface area contributed by atoms with Crippen molar-refractivity contribution in [2.24, 2.45) is 0 Å². The summed E-state index contributed by atoms with van der Waals surface area (Å²) >= 11 is 0. The van der Waals surface area contributed by atoms with Gasteiger partial charge in [-0.2, -0.15) is 0 Å². The van der Waals surface area contributed by atoms with Crippen LogP contribution < -0.4 is 0 Å². The second kappa shape index (κ2) is 6.97. The third kappa shape index (κ3) is 3.69. The summed E-state index contributed by atoms with van der Waals surface area (Å²) in [5, 5.41) is 46.9. The van der Waals surface area contributed by atoms with E-state index in [0.29, 0.717) is 6.42 Å². The first-order chi connectivity index (χ1) is 9.93. The topological polar surface area (TPSA) is 146 Å². The largest absolute Gasteiger partial charge is 0.479 e. The summed E-state index contributed by atoms with van der Waals surface area (Å²) in [6.07, 6.45) is -7.40. The molecule has 2 heterocycles. The van der Waals surface area contributed by atoms with Gasteiger partial charge in [-0.15, -0.1) is 0 Å². The number of carbonyl (C=O) groups is 1. The Bertz CT molecular complexity index is 353. The molecule has 7 atom stereocenters. The van der Waals surface area contributed by atoms with Crippen molar-refractivity contribution in [1.29, 1.82) is 0 Å². The van der Waals surface area contributed by atoms with Gasteiger partial charge in [0.15, 0.2) is 12.4 Å². The van der Waals surface area contributed by atoms with Crippen LogP contribution in [-0.4, -0.2) is 87.6 Å². The molecule has 0 saturated carbocycles. The number of aliphatic hydroxyl groups excluding tert-OH is 4. The fraction of sp³-hybridized carbons (Fsp3) is 0.917. The van der Waals surface area contributed by atoms with Gasteiger partial charge >= 0.3 is 5.97 Å². The molecule has 5 N–H and O–H groups in total. The summed E-state index contributed by atoms with van der Waals surface area (Å²) < 4.78 is 15.8. The smallest absolute Gasteiger partial charge is 0.332 e. The fourth-order valence-electron chi connectivity index (χ4n) is 2.40. The standard InChI is InChI=1S/C12H20O9/c13-3-7-8(14)9(15)10(16)12(21-7)20-5-1-2-6(11(17)18)19-4-5/h5-10,12-16H,1-4H2,(H,17,18)/t5?,6?,7-,8+,9+,10-,12+/m1/s1. The lowest BCUT2D eigenvalue weighted by molar-refractivity contribution is -0.317. The van der Waals surface area contributed by atoms with Crippen molar-refractivity contribution in [3.8, 4) is 0 Å². The van der Waals surface area contributed by atoms with Crippen LogP contribution in [0.1, 0.15) is 12.8 Å². The molecule has 0 amide bonds. The van der Waals surface area contributed by atoms with Gasteiger partial charge in [-0.25, -0.2) is 4.79 Å². The first kappa shape index (κ1) is 16.6. The van der Waals surface area contributed by atoms with Crippen LogP contribution >= 0.6 is 0 Å². The lowest BCUT2D eigenvalue weighted by Gasteiger charge is -2.41. The third-order valence-corrected chi connectivity index (χ3v) is 3.68. The molecule has 0 radical (unpaired) electrons. The average molecular weight is 308 g/mol. The molecule has 0 bridgehead atoms. The lowest BCUT2D eigenvalue weighted by atomic mass is 9.99. The lowest BCUT2D eigenvalue weighted by Crippen LogP contribution is -2.60. The second-order valence-electron chi connectivity index (χ2n) is 5.19. The van der Waals surface area contributed by atoms with Crippen molar-refractivity contribution in [3.63, 3.8) is 0 Å². The van der Waals surface area contributed by atoms with Crippen LogP contribution in [0, 0.1) is 0 Å². The van der Waals surface area contributed by atoms with Crippen LogP contribution in [-0.2, 0) is 19.0 Å². The normalized spacial score (nSPS) is 44.5. The van der Waals surface area contributed by atoms with Gasteiger partial charge in [0.2, 0.25) is 0 Å². The number of aliphatic carboxylic acids is 1. The van der Waals surface area contributed by atoms with Crippen LogP contribution in [0.3, 0.4) is 0 Å². The molecule has 9 heteroatoms. The SMILES string of the molecule is O=C(O)C1CCC(O[C@H]2O[C@H](CO)[C@H](O)[C@H](O)[C@H]2O)CO1. The van der Waals surface area contributed by atoms with Gasteiger partial charge in [0, 0.05) is 0 Å². The van der Waals surface area contributed by atoms with Crippen molar-refractivity contribution >= 4 is 5.97 Å². The van der Waals surface area contributed by atoms with Gasteiger partial charge in [0.1, 0.15) is 24.4 Å². The molecule has 2 unspecified atom stereocenters. The number of aliphatic hydroxyl groups is 4. The Morgan fingerprint density at radius 1 is 1.14 bits per heavy atom. The molecule has 0 aromatic heterocycles. The van der Waals surface area contributed by atoms with E-state index in [9.17, 15) is 20.1 Å². The molecule has 0 aromatic rings. The third-order valence-electron chi connectivity index (χ3n) is 3.68. The Morgan fingerprint density at radius 3 is 2.38 bits per heavy atom. The summed E-state index contributed by atoms with van der Waals surface area (Å²) in [6, 6.07) is 0. The highest BCUT2D eigenvalue weighted by Crippen LogP contribution is 2.25. The highest BCUT2D eigenvalue weighted by atomic mass is 16.7. The number of rotatable bonds is 4. The van der Waals surface area contributed by atoms with Crippen LogP contribution in [0.15, 0.2) is 0 Å². The Kier molecular flexibility index (Phi) is 5.49. The van der Waals surface area contributed by atoms with Crippen LogP contribution in [0.2, 0.25) is 0 Å². The van der Waals surface area contributed by atoms with E-state index in [0.717, 1.165) is 0 Å². The van der Waals surface area contributed by atoms with E-state index >= 15 is 0 Å². The molecule has 0 spiro atoms. The second-order valence-corrected chi connectivity index (χ2v) is 5.19. The minimum absolute atomic E-state index is 0.0198. The van der Waals surface area contributed by atoms with E-state index in [1.165, 1.54) is 0 Å². The van der Waals surface area contributed by atoms with E-state index in [1.54, 1.807) is 0 Å². The number of carboxylic acid groups (broad SMARTS) is 1. The Balaban J connectivity index is 1.89. The van der Waals surface area contributed by atoms with Crippen LogP contribution in [0.25, 0.3) is 0 Å². The van der Waals surface area contributed by atoms with Crippen molar-refractivity contribution < 1.29 is 44.5 Å². The molecule has 2 rings (SSSR count). The zero-order chi connectivity index (χ0) is 15.6. The maximum atomic E-state index is 10.7. The maximum absolute atomic E-state index is 10.7. The molecule has 2 saturated heterocycles. The van der Waals surface area contributed by atoms with E-state index in [1.807, 2.05) is 0 Å². The molecule has 2 fully saturated rings. The zero-order valence-corrected chi connectivity index (χ0v) is 11.2. The predicted molar refractivity (Wildman–Crippen MR) is 65.3 cm³/mol. The molecule has 9 nitrogen and oxygen atoms in total. The van der Waals surface area contributed by atoms with Gasteiger partial charge in [0.05, 0.1) is 19.3 Å². The summed E-state index contributed by atoms with van der Waals surface area (Å²) in [6.45, 7) is -0.515. The van der Waals surface area contributed by atoms with Crippen molar-refractivity contribution in [1.82, 2.24) is 0 Å². The van der Waals surface area contributed by atoms with Gasteiger partial charge < -0.3 is 39.7 Å². The molecule has 2 aliphatic rings. The Labute approximate surface area is 120 Å². The Morgan fingerprint density at radius 2 is 1.86 bits per heavy atom. The molecule has 0 aromatic carbocycles. The first-order valence-corrected chi connectivity index (χ1v) is 6.74. The van der Waals surface area contributed by atoms with E-state index < -0.39 is 55.5 Å². The van der Waals surface area contributed by atoms with Gasteiger partial charge in [0.25, 0.3) is 0 Å². The highest BCUT2D eigenvalue weighted by molar-refractivity contribution is 5.72. The van der Waals surface area contributed by atoms with E-state index in [-0.39, 0.29) is 13.0 Å². The van der Waals surface area contributed by atoms with Crippen molar-refractivity contribution in [3.05, 3.63) is 0 Å².